The quantitative estimate of drug-likeness (QED) is 0.0978. The topological polar surface area (TPSA) is 211 Å². The van der Waals surface area contributed by atoms with Crippen LogP contribution in [0.15, 0.2) is 12.7 Å². The highest BCUT2D eigenvalue weighted by Gasteiger charge is 2.69. The zero-order chi connectivity index (χ0) is 45.9. The molecule has 3 heterocycles. The molecule has 4 rings (SSSR count). The zero-order valence-electron chi connectivity index (χ0n) is 38.3. The van der Waals surface area contributed by atoms with Gasteiger partial charge in [-0.15, -0.1) is 6.58 Å². The molecule has 0 aromatic rings. The number of carbonyl (C=O) groups is 7. The van der Waals surface area contributed by atoms with Gasteiger partial charge in [0.25, 0.3) is 5.91 Å². The number of ketones is 1. The number of likely N-dealkylation sites (tertiary alicyclic amines) is 1. The predicted octanol–water partition coefficient (Wildman–Crippen LogP) is 3.41. The van der Waals surface area contributed by atoms with Crippen LogP contribution in [0, 0.1) is 28.1 Å². The molecule has 4 N–H and O–H groups in total. The number of nitrogens with zero attached hydrogens (tertiary/aromatic N) is 3. The second kappa shape index (κ2) is 19.4. The Morgan fingerprint density at radius 3 is 2.15 bits per heavy atom. The first kappa shape index (κ1) is 50.0. The normalized spacial score (nSPS) is 27.3. The van der Waals surface area contributed by atoms with E-state index in [-0.39, 0.29) is 86.8 Å². The summed E-state index contributed by atoms with van der Waals surface area (Å²) in [7, 11) is -5.73. The van der Waals surface area contributed by atoms with Crippen molar-refractivity contribution < 1.29 is 42.0 Å². The van der Waals surface area contributed by atoms with Crippen LogP contribution in [-0.2, 0) is 38.8 Å². The minimum absolute atomic E-state index is 0.0737. The fraction of sp³-hybridized carbons (Fsp3) is 0.791. The van der Waals surface area contributed by atoms with Gasteiger partial charge in [-0.1, -0.05) is 99.9 Å². The van der Waals surface area contributed by atoms with Crippen molar-refractivity contribution in [1.82, 2.24) is 35.4 Å². The van der Waals surface area contributed by atoms with Crippen LogP contribution < -0.4 is 21.3 Å². The number of Topliss-reactive ketones (excluding diaryl/α,β-unsaturated/α-hetero) is 1. The molecule has 344 valence electrons. The lowest BCUT2D eigenvalue weighted by molar-refractivity contribution is -0.153. The minimum Gasteiger partial charge on any atom is -0.346 e. The fourth-order valence-corrected chi connectivity index (χ4v) is 13.4. The van der Waals surface area contributed by atoms with Gasteiger partial charge in [0.15, 0.2) is 0 Å². The summed E-state index contributed by atoms with van der Waals surface area (Å²) in [6.07, 6.45) is 5.01. The van der Waals surface area contributed by atoms with E-state index in [0.717, 1.165) is 0 Å². The van der Waals surface area contributed by atoms with Gasteiger partial charge in [-0.25, -0.2) is 13.2 Å². The molecule has 16 nitrogen and oxygen atoms in total. The van der Waals surface area contributed by atoms with E-state index in [1.807, 2.05) is 48.5 Å². The third kappa shape index (κ3) is 13.0. The van der Waals surface area contributed by atoms with Crippen LogP contribution >= 0.6 is 0 Å². The number of fused-ring (bicyclic) bond motifs is 3. The highest BCUT2D eigenvalue weighted by Crippen LogP contribution is 2.65. The lowest BCUT2D eigenvalue weighted by atomic mass is 9.80. The molecule has 0 aromatic carbocycles. The van der Waals surface area contributed by atoms with Gasteiger partial charge in [-0.2, -0.15) is 4.31 Å². The van der Waals surface area contributed by atoms with Crippen LogP contribution in [-0.4, -0.2) is 135 Å². The predicted molar refractivity (Wildman–Crippen MR) is 236 cm³/mol. The van der Waals surface area contributed by atoms with Crippen molar-refractivity contribution in [2.75, 3.05) is 38.5 Å². The SMILES string of the molecule is C=CCNC(=O)C(=O)[C@@H]1CCCCCCCN(S(=O)(=O)CC[Si](C)(C)C)C[C@H](NC(=O)N[C@H](CN2C(=O)CC(C)(C)CC2=O)C(C)(C)C)C(=O)N2C[C@H]3[C@@H]([C@H]2C(=O)N1)C3(C)C. The summed E-state index contributed by atoms with van der Waals surface area (Å²) in [5.41, 5.74) is -1.48. The van der Waals surface area contributed by atoms with E-state index in [4.69, 9.17) is 0 Å². The van der Waals surface area contributed by atoms with Crippen molar-refractivity contribution in [3.8, 4) is 0 Å². The van der Waals surface area contributed by atoms with Gasteiger partial charge in [0, 0.05) is 53.6 Å². The summed E-state index contributed by atoms with van der Waals surface area (Å²) < 4.78 is 29.7. The minimum atomic E-state index is -3.92. The molecule has 1 aliphatic carbocycles. The van der Waals surface area contributed by atoms with E-state index < -0.39 is 82.6 Å². The van der Waals surface area contributed by atoms with E-state index in [9.17, 15) is 37.2 Å². The molecule has 0 aromatic heterocycles. The summed E-state index contributed by atoms with van der Waals surface area (Å²) in [4.78, 5) is 98.8. The smallest absolute Gasteiger partial charge is 0.315 e. The summed E-state index contributed by atoms with van der Waals surface area (Å²) in [5, 5.41) is 11.0. The molecular weight excluding hydrogens is 819 g/mol. The van der Waals surface area contributed by atoms with Crippen molar-refractivity contribution in [2.24, 2.45) is 28.1 Å². The lowest BCUT2D eigenvalue weighted by Crippen LogP contribution is -2.63. The molecule has 3 aliphatic heterocycles. The number of amides is 7. The monoisotopic (exact) mass is 891 g/mol. The van der Waals surface area contributed by atoms with Crippen LogP contribution in [0.25, 0.3) is 0 Å². The van der Waals surface area contributed by atoms with Crippen molar-refractivity contribution >= 4 is 59.4 Å². The Morgan fingerprint density at radius 2 is 1.56 bits per heavy atom. The van der Waals surface area contributed by atoms with Gasteiger partial charge >= 0.3 is 6.03 Å². The van der Waals surface area contributed by atoms with E-state index in [0.29, 0.717) is 38.1 Å². The number of sulfonamides is 1. The van der Waals surface area contributed by atoms with Crippen molar-refractivity contribution in [2.45, 2.75) is 150 Å². The Balaban J connectivity index is 1.71. The fourth-order valence-electron chi connectivity index (χ4n) is 8.91. The van der Waals surface area contributed by atoms with E-state index in [2.05, 4.69) is 47.5 Å². The van der Waals surface area contributed by atoms with Gasteiger partial charge < -0.3 is 26.2 Å². The number of carbonyl (C=O) groups excluding carboxylic acids is 7. The molecule has 7 amide bonds. The van der Waals surface area contributed by atoms with E-state index in [1.54, 1.807) is 0 Å². The molecule has 0 spiro atoms. The van der Waals surface area contributed by atoms with E-state index >= 15 is 4.79 Å². The van der Waals surface area contributed by atoms with Gasteiger partial charge in [0.05, 0.1) is 17.8 Å². The van der Waals surface area contributed by atoms with Gasteiger partial charge in [0.2, 0.25) is 39.4 Å². The molecule has 1 saturated carbocycles. The van der Waals surface area contributed by atoms with E-state index in [1.165, 1.54) is 20.2 Å². The first-order chi connectivity index (χ1) is 28.1. The Hall–Kier alpha value is -3.64. The maximum Gasteiger partial charge on any atom is 0.315 e. The molecule has 0 unspecified atom stereocenters. The largest absolute Gasteiger partial charge is 0.346 e. The molecule has 0 radical (unpaired) electrons. The van der Waals surface area contributed by atoms with Gasteiger partial charge in [-0.3, -0.25) is 33.7 Å². The van der Waals surface area contributed by atoms with Crippen molar-refractivity contribution in [1.29, 1.82) is 0 Å². The highest BCUT2D eigenvalue weighted by molar-refractivity contribution is 7.89. The molecular formula is C43H73N7O9SSi. The molecule has 4 fully saturated rings. The number of hydrogen-bond acceptors (Lipinski definition) is 9. The first-order valence-corrected chi connectivity index (χ1v) is 27.3. The second-order valence-corrected chi connectivity index (χ2v) is 29.1. The molecule has 61 heavy (non-hydrogen) atoms. The average Bonchev–Trinajstić information content (AvgIpc) is 3.43. The van der Waals surface area contributed by atoms with Crippen LogP contribution in [0.4, 0.5) is 4.79 Å². The summed E-state index contributed by atoms with van der Waals surface area (Å²) in [5.74, 6) is -4.06. The molecule has 0 bridgehead atoms. The third-order valence-electron chi connectivity index (χ3n) is 13.0. The molecule has 4 aliphatic rings. The Morgan fingerprint density at radius 1 is 0.951 bits per heavy atom. The first-order valence-electron chi connectivity index (χ1n) is 22.0. The number of hydrogen-bond donors (Lipinski definition) is 4. The molecule has 18 heteroatoms. The van der Waals surface area contributed by atoms with Crippen LogP contribution in [0.5, 0.6) is 0 Å². The van der Waals surface area contributed by atoms with Crippen LogP contribution in [0.3, 0.4) is 0 Å². The lowest BCUT2D eigenvalue weighted by Gasteiger charge is -2.40. The van der Waals surface area contributed by atoms with Gasteiger partial charge in [0.1, 0.15) is 12.1 Å². The Labute approximate surface area is 364 Å². The second-order valence-electron chi connectivity index (χ2n) is 21.4. The third-order valence-corrected chi connectivity index (χ3v) is 16.9. The maximum atomic E-state index is 15.0. The highest BCUT2D eigenvalue weighted by atomic mass is 32.2. The standard InChI is InChI=1S/C43H73N7O9SSi/c1-12-19-44-38(55)36(53)29-18-16-14-13-15-17-20-48(60(58,59)21-22-61(9,10)11)26-30(39(56)50-25-28-34(43(28,7)8)35(50)37(54)45-29)46-40(57)47-31(41(2,3)4)27-49-32(51)23-42(5,6)24-33(49)52/h12,28-31,34-35H,1,13-27H2,2-11H3,(H,44,55)(H,45,54)(H2,46,47,57)/t28-,29-,30-,31+,34-,35-/m0/s1. The Kier molecular flexibility index (Phi) is 15.9. The number of rotatable bonds is 12. The number of nitrogens with one attached hydrogen (secondary N) is 4. The summed E-state index contributed by atoms with van der Waals surface area (Å²) in [6, 6.07) is -4.68. The van der Waals surface area contributed by atoms with Gasteiger partial charge in [-0.05, 0) is 47.0 Å². The zero-order valence-corrected chi connectivity index (χ0v) is 40.1. The van der Waals surface area contributed by atoms with Crippen LogP contribution in [0.1, 0.15) is 99.8 Å². The van der Waals surface area contributed by atoms with Crippen molar-refractivity contribution in [3.63, 3.8) is 0 Å². The number of urea groups is 1. The molecule has 6 atom stereocenters. The summed E-state index contributed by atoms with van der Waals surface area (Å²) >= 11 is 0. The molecule has 3 saturated heterocycles. The number of piperidine rings is 2. The average molecular weight is 892 g/mol. The summed E-state index contributed by atoms with van der Waals surface area (Å²) in [6.45, 7) is 23.0. The van der Waals surface area contributed by atoms with Crippen LogP contribution in [0.2, 0.25) is 25.7 Å². The number of imide groups is 1. The van der Waals surface area contributed by atoms with Crippen molar-refractivity contribution in [3.05, 3.63) is 12.7 Å². The Bertz CT molecular complexity index is 1800. The maximum absolute atomic E-state index is 15.0.